The molecule has 0 saturated carbocycles. The highest BCUT2D eigenvalue weighted by Gasteiger charge is 2.27. The van der Waals surface area contributed by atoms with Crippen molar-refractivity contribution in [3.05, 3.63) is 71.9 Å². The molecule has 1 amide bonds. The highest BCUT2D eigenvalue weighted by molar-refractivity contribution is 6.06. The second-order valence-electron chi connectivity index (χ2n) is 6.76. The molecule has 5 nitrogen and oxygen atoms in total. The van der Waals surface area contributed by atoms with Crippen molar-refractivity contribution < 1.29 is 14.3 Å². The predicted octanol–water partition coefficient (Wildman–Crippen LogP) is 3.50. The molecule has 27 heavy (non-hydrogen) atoms. The highest BCUT2D eigenvalue weighted by Crippen LogP contribution is 2.26. The van der Waals surface area contributed by atoms with Gasteiger partial charge in [0.25, 0.3) is 5.91 Å². The maximum absolute atomic E-state index is 13.3. The van der Waals surface area contributed by atoms with Crippen molar-refractivity contribution in [1.82, 2.24) is 9.47 Å². The Morgan fingerprint density at radius 2 is 2.00 bits per heavy atom. The summed E-state index contributed by atoms with van der Waals surface area (Å²) in [5.74, 6) is 0.0642. The summed E-state index contributed by atoms with van der Waals surface area (Å²) in [6.45, 7) is 3.15. The van der Waals surface area contributed by atoms with Gasteiger partial charge in [-0.15, -0.1) is 0 Å². The summed E-state index contributed by atoms with van der Waals surface area (Å²) in [5.41, 5.74) is 2.92. The van der Waals surface area contributed by atoms with Crippen LogP contribution in [0.4, 0.5) is 0 Å². The van der Waals surface area contributed by atoms with E-state index in [0.29, 0.717) is 26.3 Å². The average Bonchev–Trinajstić information content (AvgIpc) is 3.15. The van der Waals surface area contributed by atoms with Crippen LogP contribution in [0.15, 0.2) is 60.8 Å². The minimum Gasteiger partial charge on any atom is -0.383 e. The van der Waals surface area contributed by atoms with Gasteiger partial charge in [0.1, 0.15) is 6.10 Å². The Labute approximate surface area is 159 Å². The number of amides is 1. The number of methoxy groups -OCH3 is 1. The number of ether oxygens (including phenoxy) is 2. The van der Waals surface area contributed by atoms with Gasteiger partial charge in [-0.25, -0.2) is 0 Å². The first-order valence-electron chi connectivity index (χ1n) is 9.30. The predicted molar refractivity (Wildman–Crippen MR) is 105 cm³/mol. The van der Waals surface area contributed by atoms with E-state index in [0.717, 1.165) is 28.6 Å². The van der Waals surface area contributed by atoms with Crippen LogP contribution >= 0.6 is 0 Å². The zero-order valence-corrected chi connectivity index (χ0v) is 15.5. The normalized spacial score (nSPS) is 17.4. The van der Waals surface area contributed by atoms with E-state index in [1.807, 2.05) is 53.6 Å². The molecule has 3 aromatic rings. The van der Waals surface area contributed by atoms with Crippen molar-refractivity contribution in [3.63, 3.8) is 0 Å². The highest BCUT2D eigenvalue weighted by atomic mass is 16.5. The number of carbonyl (C=O) groups excluding carboxylic acids is 1. The molecule has 0 unspecified atom stereocenters. The minimum absolute atomic E-state index is 0.0642. The summed E-state index contributed by atoms with van der Waals surface area (Å²) in [5, 5.41) is 0.987. The van der Waals surface area contributed by atoms with Gasteiger partial charge in [-0.05, 0) is 23.8 Å². The van der Waals surface area contributed by atoms with Gasteiger partial charge in [0.05, 0.1) is 19.8 Å². The smallest absolute Gasteiger partial charge is 0.254 e. The van der Waals surface area contributed by atoms with Crippen LogP contribution in [-0.2, 0) is 16.0 Å². The molecule has 0 radical (unpaired) electrons. The molecule has 1 saturated heterocycles. The van der Waals surface area contributed by atoms with Gasteiger partial charge < -0.3 is 18.9 Å². The van der Waals surface area contributed by atoms with E-state index in [1.165, 1.54) is 0 Å². The zero-order chi connectivity index (χ0) is 18.6. The van der Waals surface area contributed by atoms with E-state index < -0.39 is 0 Å². The van der Waals surface area contributed by atoms with Crippen molar-refractivity contribution in [2.24, 2.45) is 0 Å². The zero-order valence-electron chi connectivity index (χ0n) is 15.5. The van der Waals surface area contributed by atoms with Crippen LogP contribution in [0, 0.1) is 0 Å². The third-order valence-electron chi connectivity index (χ3n) is 5.11. The van der Waals surface area contributed by atoms with E-state index >= 15 is 0 Å². The molecular weight excluding hydrogens is 340 g/mol. The molecule has 2 aromatic carbocycles. The van der Waals surface area contributed by atoms with Crippen molar-refractivity contribution >= 4 is 16.8 Å². The van der Waals surface area contributed by atoms with Gasteiger partial charge in [0, 0.05) is 42.9 Å². The summed E-state index contributed by atoms with van der Waals surface area (Å²) in [6, 6.07) is 18.0. The number of carbonyl (C=O) groups is 1. The Kier molecular flexibility index (Phi) is 5.23. The SMILES string of the molecule is COCCn1ccc2c(C(=O)N3CCO[C@H](c4ccccc4)C3)cccc21. The Morgan fingerprint density at radius 3 is 2.81 bits per heavy atom. The minimum atomic E-state index is -0.0746. The van der Waals surface area contributed by atoms with Gasteiger partial charge in [-0.2, -0.15) is 0 Å². The van der Waals surface area contributed by atoms with Crippen molar-refractivity contribution in [3.8, 4) is 0 Å². The first-order valence-corrected chi connectivity index (χ1v) is 9.30. The number of benzene rings is 2. The van der Waals surface area contributed by atoms with Crippen LogP contribution < -0.4 is 0 Å². The fourth-order valence-corrected chi connectivity index (χ4v) is 3.67. The molecule has 1 fully saturated rings. The molecule has 2 heterocycles. The molecule has 4 rings (SSSR count). The topological polar surface area (TPSA) is 43.7 Å². The summed E-state index contributed by atoms with van der Waals surface area (Å²) in [7, 11) is 1.70. The van der Waals surface area contributed by atoms with Crippen LogP contribution in [0.2, 0.25) is 0 Å². The molecule has 1 aliphatic heterocycles. The maximum atomic E-state index is 13.3. The number of hydrogen-bond acceptors (Lipinski definition) is 3. The number of morpholine rings is 1. The lowest BCUT2D eigenvalue weighted by atomic mass is 10.1. The van der Waals surface area contributed by atoms with Gasteiger partial charge in [0.15, 0.2) is 0 Å². The molecular formula is C22H24N2O3. The standard InChI is InChI=1S/C22H24N2O3/c1-26-14-12-23-11-10-18-19(8-5-9-20(18)23)22(25)24-13-15-27-21(16-24)17-6-3-2-4-7-17/h2-11,21H,12-16H2,1H3/t21-/m0/s1. The largest absolute Gasteiger partial charge is 0.383 e. The van der Waals surface area contributed by atoms with Crippen molar-refractivity contribution in [2.75, 3.05) is 33.4 Å². The Balaban J connectivity index is 1.58. The van der Waals surface area contributed by atoms with Crippen LogP contribution in [0.3, 0.4) is 0 Å². The molecule has 1 atom stereocenters. The molecule has 1 aromatic heterocycles. The van der Waals surface area contributed by atoms with E-state index in [-0.39, 0.29) is 12.0 Å². The van der Waals surface area contributed by atoms with Gasteiger partial charge in [-0.3, -0.25) is 4.79 Å². The number of hydrogen-bond donors (Lipinski definition) is 0. The van der Waals surface area contributed by atoms with E-state index in [2.05, 4.69) is 16.7 Å². The Hall–Kier alpha value is -2.63. The third-order valence-corrected chi connectivity index (χ3v) is 5.11. The second-order valence-corrected chi connectivity index (χ2v) is 6.76. The molecule has 0 bridgehead atoms. The molecule has 0 spiro atoms. The molecule has 0 N–H and O–H groups in total. The monoisotopic (exact) mass is 364 g/mol. The third kappa shape index (κ3) is 3.61. The van der Waals surface area contributed by atoms with Gasteiger partial charge in [-0.1, -0.05) is 36.4 Å². The van der Waals surface area contributed by atoms with Crippen molar-refractivity contribution in [1.29, 1.82) is 0 Å². The van der Waals surface area contributed by atoms with Gasteiger partial charge >= 0.3 is 0 Å². The lowest BCUT2D eigenvalue weighted by molar-refractivity contribution is -0.0227. The number of aromatic nitrogens is 1. The first-order chi connectivity index (χ1) is 13.3. The van der Waals surface area contributed by atoms with E-state index in [4.69, 9.17) is 9.47 Å². The summed E-state index contributed by atoms with van der Waals surface area (Å²) < 4.78 is 13.2. The summed E-state index contributed by atoms with van der Waals surface area (Å²) in [6.07, 6.45) is 1.95. The average molecular weight is 364 g/mol. The number of rotatable bonds is 5. The van der Waals surface area contributed by atoms with E-state index in [1.54, 1.807) is 7.11 Å². The quantitative estimate of drug-likeness (QED) is 0.696. The van der Waals surface area contributed by atoms with Crippen LogP contribution in [0.5, 0.6) is 0 Å². The molecule has 0 aliphatic carbocycles. The Morgan fingerprint density at radius 1 is 1.15 bits per heavy atom. The lowest BCUT2D eigenvalue weighted by Gasteiger charge is -2.33. The fraction of sp³-hybridized carbons (Fsp3) is 0.318. The summed E-state index contributed by atoms with van der Waals surface area (Å²) in [4.78, 5) is 15.2. The van der Waals surface area contributed by atoms with Crippen LogP contribution in [0.1, 0.15) is 22.0 Å². The Bertz CT molecular complexity index is 920. The van der Waals surface area contributed by atoms with Gasteiger partial charge in [0.2, 0.25) is 0 Å². The number of nitrogens with zero attached hydrogens (tertiary/aromatic N) is 2. The van der Waals surface area contributed by atoms with Crippen molar-refractivity contribution in [2.45, 2.75) is 12.6 Å². The molecule has 1 aliphatic rings. The fourth-order valence-electron chi connectivity index (χ4n) is 3.67. The molecule has 5 heteroatoms. The van der Waals surface area contributed by atoms with Crippen LogP contribution in [0.25, 0.3) is 10.9 Å². The lowest BCUT2D eigenvalue weighted by Crippen LogP contribution is -2.42. The van der Waals surface area contributed by atoms with E-state index in [9.17, 15) is 4.79 Å². The molecule has 140 valence electrons. The first kappa shape index (κ1) is 17.8. The second kappa shape index (κ2) is 7.94. The summed E-state index contributed by atoms with van der Waals surface area (Å²) >= 11 is 0. The maximum Gasteiger partial charge on any atom is 0.254 e. The van der Waals surface area contributed by atoms with Crippen LogP contribution in [-0.4, -0.2) is 48.8 Å². The number of fused-ring (bicyclic) bond motifs is 1.